The maximum atomic E-state index is 13.7. The summed E-state index contributed by atoms with van der Waals surface area (Å²) in [4.78, 5) is 7.80. The van der Waals surface area contributed by atoms with Gasteiger partial charge < -0.3 is 10.6 Å². The quantitative estimate of drug-likeness (QED) is 0.877. The molecule has 4 nitrogen and oxygen atoms in total. The molecule has 0 aliphatic heterocycles. The second-order valence-corrected chi connectivity index (χ2v) is 4.47. The Labute approximate surface area is 120 Å². The van der Waals surface area contributed by atoms with Crippen LogP contribution < -0.4 is 10.6 Å². The first kappa shape index (κ1) is 14.5. The number of halogens is 3. The van der Waals surface area contributed by atoms with Gasteiger partial charge in [0.2, 0.25) is 5.95 Å². The van der Waals surface area contributed by atoms with E-state index in [0.717, 1.165) is 12.6 Å². The number of aromatic nitrogens is 2. The van der Waals surface area contributed by atoms with Gasteiger partial charge >= 0.3 is 0 Å². The summed E-state index contributed by atoms with van der Waals surface area (Å²) in [5.41, 5.74) is 0.241. The molecule has 0 saturated carbocycles. The zero-order valence-electron chi connectivity index (χ0n) is 10.8. The molecule has 0 unspecified atom stereocenters. The zero-order valence-corrected chi connectivity index (χ0v) is 11.5. The second-order valence-electron chi connectivity index (χ2n) is 4.07. The van der Waals surface area contributed by atoms with Crippen LogP contribution in [0.15, 0.2) is 24.4 Å². The van der Waals surface area contributed by atoms with Crippen molar-refractivity contribution in [3.05, 3.63) is 41.1 Å². The van der Waals surface area contributed by atoms with Crippen molar-refractivity contribution in [3.63, 3.8) is 0 Å². The fourth-order valence-corrected chi connectivity index (χ4v) is 1.66. The Morgan fingerprint density at radius 3 is 2.85 bits per heavy atom. The first-order valence-corrected chi connectivity index (χ1v) is 6.46. The minimum atomic E-state index is -0.646. The highest BCUT2D eigenvalue weighted by Gasteiger charge is 2.09. The monoisotopic (exact) mass is 298 g/mol. The Morgan fingerprint density at radius 1 is 1.30 bits per heavy atom. The number of hydrogen-bond acceptors (Lipinski definition) is 4. The molecule has 0 radical (unpaired) electrons. The SMILES string of the molecule is CCCNc1ncc(F)c(Nc2cc(F)ccc2Cl)n1. The van der Waals surface area contributed by atoms with Crippen molar-refractivity contribution in [2.24, 2.45) is 0 Å². The third kappa shape index (κ3) is 3.54. The van der Waals surface area contributed by atoms with Crippen LogP contribution in [0.25, 0.3) is 0 Å². The maximum absolute atomic E-state index is 13.7. The Bertz CT molecular complexity index is 607. The molecule has 1 heterocycles. The van der Waals surface area contributed by atoms with Crippen molar-refractivity contribution in [1.82, 2.24) is 9.97 Å². The summed E-state index contributed by atoms with van der Waals surface area (Å²) in [6.07, 6.45) is 1.93. The normalized spacial score (nSPS) is 10.4. The van der Waals surface area contributed by atoms with E-state index in [1.54, 1.807) is 0 Å². The first-order valence-electron chi connectivity index (χ1n) is 6.08. The standard InChI is InChI=1S/C13H13ClF2N4/c1-2-5-17-13-18-7-10(16)12(20-13)19-11-6-8(15)3-4-9(11)14/h3-4,6-7H,2,5H2,1H3,(H2,17,18,19,20). The zero-order chi connectivity index (χ0) is 14.5. The molecule has 0 saturated heterocycles. The molecule has 0 aliphatic carbocycles. The van der Waals surface area contributed by atoms with Crippen LogP contribution in [0.3, 0.4) is 0 Å². The van der Waals surface area contributed by atoms with Crippen molar-refractivity contribution in [2.45, 2.75) is 13.3 Å². The first-order chi connectivity index (χ1) is 9.60. The van der Waals surface area contributed by atoms with Crippen molar-refractivity contribution in [2.75, 3.05) is 17.2 Å². The van der Waals surface area contributed by atoms with Gasteiger partial charge in [0.05, 0.1) is 16.9 Å². The van der Waals surface area contributed by atoms with Gasteiger partial charge in [-0.15, -0.1) is 0 Å². The molecule has 7 heteroatoms. The Hall–Kier alpha value is -1.95. The molecule has 20 heavy (non-hydrogen) atoms. The average Bonchev–Trinajstić information content (AvgIpc) is 2.43. The minimum absolute atomic E-state index is 0.0638. The smallest absolute Gasteiger partial charge is 0.224 e. The number of benzene rings is 1. The highest BCUT2D eigenvalue weighted by atomic mass is 35.5. The fourth-order valence-electron chi connectivity index (χ4n) is 1.50. The average molecular weight is 299 g/mol. The number of nitrogens with one attached hydrogen (secondary N) is 2. The highest BCUT2D eigenvalue weighted by Crippen LogP contribution is 2.26. The van der Waals surface area contributed by atoms with E-state index in [1.807, 2.05) is 6.92 Å². The van der Waals surface area contributed by atoms with Gasteiger partial charge in [-0.3, -0.25) is 0 Å². The van der Waals surface area contributed by atoms with Crippen molar-refractivity contribution < 1.29 is 8.78 Å². The van der Waals surface area contributed by atoms with E-state index in [-0.39, 0.29) is 16.5 Å². The summed E-state index contributed by atoms with van der Waals surface area (Å²) in [5, 5.41) is 5.87. The van der Waals surface area contributed by atoms with Gasteiger partial charge in [0.25, 0.3) is 0 Å². The molecule has 2 aromatic rings. The van der Waals surface area contributed by atoms with E-state index in [0.29, 0.717) is 12.5 Å². The minimum Gasteiger partial charge on any atom is -0.354 e. The molecular weight excluding hydrogens is 286 g/mol. The highest BCUT2D eigenvalue weighted by molar-refractivity contribution is 6.33. The van der Waals surface area contributed by atoms with Crippen LogP contribution in [-0.4, -0.2) is 16.5 Å². The Morgan fingerprint density at radius 2 is 2.10 bits per heavy atom. The van der Waals surface area contributed by atoms with Crippen LogP contribution in [0.4, 0.5) is 26.2 Å². The van der Waals surface area contributed by atoms with Crippen LogP contribution in [0, 0.1) is 11.6 Å². The summed E-state index contributed by atoms with van der Waals surface area (Å²) >= 11 is 5.91. The molecule has 1 aromatic heterocycles. The van der Waals surface area contributed by atoms with Crippen LogP contribution in [0.2, 0.25) is 5.02 Å². The van der Waals surface area contributed by atoms with E-state index < -0.39 is 11.6 Å². The van der Waals surface area contributed by atoms with Gasteiger partial charge in [0.1, 0.15) is 5.82 Å². The summed E-state index contributed by atoms with van der Waals surface area (Å²) < 4.78 is 26.8. The van der Waals surface area contributed by atoms with E-state index in [9.17, 15) is 8.78 Å². The van der Waals surface area contributed by atoms with Crippen molar-refractivity contribution in [3.8, 4) is 0 Å². The predicted octanol–water partition coefficient (Wildman–Crippen LogP) is 3.97. The van der Waals surface area contributed by atoms with Crippen molar-refractivity contribution >= 4 is 29.1 Å². The molecule has 0 spiro atoms. The summed E-state index contributed by atoms with van der Waals surface area (Å²) in [5.74, 6) is -0.891. The summed E-state index contributed by atoms with van der Waals surface area (Å²) in [6.45, 7) is 2.66. The van der Waals surface area contributed by atoms with Gasteiger partial charge in [-0.2, -0.15) is 4.98 Å². The fraction of sp³-hybridized carbons (Fsp3) is 0.231. The predicted molar refractivity (Wildman–Crippen MR) is 75.5 cm³/mol. The third-order valence-corrected chi connectivity index (χ3v) is 2.79. The molecular formula is C13H13ClF2N4. The lowest BCUT2D eigenvalue weighted by Crippen LogP contribution is -2.07. The largest absolute Gasteiger partial charge is 0.354 e. The lowest BCUT2D eigenvalue weighted by atomic mass is 10.3. The van der Waals surface area contributed by atoms with Gasteiger partial charge in [-0.1, -0.05) is 18.5 Å². The molecule has 106 valence electrons. The van der Waals surface area contributed by atoms with Gasteiger partial charge in [0.15, 0.2) is 11.6 Å². The molecule has 0 bridgehead atoms. The molecule has 1 aromatic carbocycles. The molecule has 2 rings (SSSR count). The molecule has 0 fully saturated rings. The Kier molecular flexibility index (Phi) is 4.68. The molecule has 2 N–H and O–H groups in total. The summed E-state index contributed by atoms with van der Waals surface area (Å²) in [7, 11) is 0. The van der Waals surface area contributed by atoms with Crippen LogP contribution in [0.5, 0.6) is 0 Å². The van der Waals surface area contributed by atoms with Crippen LogP contribution >= 0.6 is 11.6 Å². The lowest BCUT2D eigenvalue weighted by molar-refractivity contribution is 0.618. The number of hydrogen-bond donors (Lipinski definition) is 2. The van der Waals surface area contributed by atoms with Gasteiger partial charge in [-0.25, -0.2) is 13.8 Å². The lowest BCUT2D eigenvalue weighted by Gasteiger charge is -2.10. The van der Waals surface area contributed by atoms with Crippen LogP contribution in [0.1, 0.15) is 13.3 Å². The van der Waals surface area contributed by atoms with Gasteiger partial charge in [-0.05, 0) is 24.6 Å². The number of anilines is 3. The molecule has 0 aliphatic rings. The maximum Gasteiger partial charge on any atom is 0.224 e. The molecule has 0 atom stereocenters. The van der Waals surface area contributed by atoms with E-state index in [1.165, 1.54) is 18.2 Å². The van der Waals surface area contributed by atoms with E-state index >= 15 is 0 Å². The van der Waals surface area contributed by atoms with Gasteiger partial charge in [0, 0.05) is 6.54 Å². The van der Waals surface area contributed by atoms with Crippen molar-refractivity contribution in [1.29, 1.82) is 0 Å². The topological polar surface area (TPSA) is 49.8 Å². The third-order valence-electron chi connectivity index (χ3n) is 2.46. The molecule has 0 amide bonds. The summed E-state index contributed by atoms with van der Waals surface area (Å²) in [6, 6.07) is 3.77. The number of nitrogens with zero attached hydrogens (tertiary/aromatic N) is 2. The van der Waals surface area contributed by atoms with E-state index in [2.05, 4.69) is 20.6 Å². The second kappa shape index (κ2) is 6.47. The number of rotatable bonds is 5. The van der Waals surface area contributed by atoms with E-state index in [4.69, 9.17) is 11.6 Å². The van der Waals surface area contributed by atoms with Crippen LogP contribution in [-0.2, 0) is 0 Å². The Balaban J connectivity index is 2.25.